The number of ketones is 1. The molecule has 1 aromatic carbocycles. The summed E-state index contributed by atoms with van der Waals surface area (Å²) in [4.78, 5) is 12.0. The van der Waals surface area contributed by atoms with Crippen molar-refractivity contribution in [3.05, 3.63) is 34.3 Å². The van der Waals surface area contributed by atoms with Crippen molar-refractivity contribution in [3.8, 4) is 0 Å². The minimum atomic E-state index is 0.258. The molecule has 1 saturated carbocycles. The van der Waals surface area contributed by atoms with E-state index in [9.17, 15) is 4.79 Å². The number of halogens is 1. The molecule has 0 aliphatic heterocycles. The zero-order chi connectivity index (χ0) is 11.0. The fourth-order valence-electron chi connectivity index (χ4n) is 1.98. The molecular weight excluding hydrogens is 208 g/mol. The molecule has 0 N–H and O–H groups in total. The molecule has 1 aromatic rings. The van der Waals surface area contributed by atoms with Gasteiger partial charge in [-0.05, 0) is 30.9 Å². The summed E-state index contributed by atoms with van der Waals surface area (Å²) >= 11 is 6.00. The minimum Gasteiger partial charge on any atom is -0.294 e. The summed E-state index contributed by atoms with van der Waals surface area (Å²) in [6.45, 7) is 4.09. The molecule has 1 aliphatic rings. The Bertz CT molecular complexity index is 398. The summed E-state index contributed by atoms with van der Waals surface area (Å²) in [6, 6.07) is 5.59. The van der Waals surface area contributed by atoms with Gasteiger partial charge < -0.3 is 0 Å². The summed E-state index contributed by atoms with van der Waals surface area (Å²) in [5.74, 6) is 1.13. The summed E-state index contributed by atoms with van der Waals surface area (Å²) in [7, 11) is 0. The van der Waals surface area contributed by atoms with Crippen LogP contribution in [-0.4, -0.2) is 5.78 Å². The second-order valence-corrected chi connectivity index (χ2v) is 4.75. The van der Waals surface area contributed by atoms with Crippen molar-refractivity contribution in [2.24, 2.45) is 11.8 Å². The first-order valence-corrected chi connectivity index (χ1v) is 5.81. The summed E-state index contributed by atoms with van der Waals surface area (Å²) in [5.41, 5.74) is 1.79. The van der Waals surface area contributed by atoms with E-state index in [1.165, 1.54) is 0 Å². The van der Waals surface area contributed by atoms with Gasteiger partial charge in [0.05, 0.1) is 0 Å². The van der Waals surface area contributed by atoms with Gasteiger partial charge >= 0.3 is 0 Å². The number of Topliss-reactive ketones (excluding diaryl/α,β-unsaturated/α-hetero) is 1. The van der Waals surface area contributed by atoms with Crippen molar-refractivity contribution in [1.82, 2.24) is 0 Å². The van der Waals surface area contributed by atoms with Crippen molar-refractivity contribution in [2.75, 3.05) is 0 Å². The van der Waals surface area contributed by atoms with Gasteiger partial charge in [0, 0.05) is 16.5 Å². The highest BCUT2D eigenvalue weighted by molar-refractivity contribution is 6.31. The van der Waals surface area contributed by atoms with E-state index in [1.54, 1.807) is 6.07 Å². The van der Waals surface area contributed by atoms with Crippen LogP contribution in [0.3, 0.4) is 0 Å². The van der Waals surface area contributed by atoms with E-state index in [0.717, 1.165) is 24.0 Å². The average molecular weight is 223 g/mol. The van der Waals surface area contributed by atoms with Gasteiger partial charge in [-0.25, -0.2) is 0 Å². The first-order valence-electron chi connectivity index (χ1n) is 5.44. The Morgan fingerprint density at radius 1 is 1.53 bits per heavy atom. The Labute approximate surface area is 95.4 Å². The fraction of sp³-hybridized carbons (Fsp3) is 0.462. The first kappa shape index (κ1) is 10.7. The van der Waals surface area contributed by atoms with Crippen molar-refractivity contribution >= 4 is 17.4 Å². The maximum atomic E-state index is 12.0. The van der Waals surface area contributed by atoms with Gasteiger partial charge in [0.1, 0.15) is 0 Å². The van der Waals surface area contributed by atoms with Crippen LogP contribution in [0.1, 0.15) is 35.7 Å². The lowest BCUT2D eigenvalue weighted by molar-refractivity contribution is 0.0961. The van der Waals surface area contributed by atoms with Crippen LogP contribution in [0, 0.1) is 18.8 Å². The van der Waals surface area contributed by atoms with Crippen molar-refractivity contribution in [1.29, 1.82) is 0 Å². The van der Waals surface area contributed by atoms with Crippen LogP contribution in [0.2, 0.25) is 5.02 Å². The first-order chi connectivity index (χ1) is 7.13. The van der Waals surface area contributed by atoms with Crippen LogP contribution in [0.4, 0.5) is 0 Å². The Morgan fingerprint density at radius 3 is 2.80 bits per heavy atom. The molecule has 2 heteroatoms. The number of hydrogen-bond acceptors (Lipinski definition) is 1. The molecule has 1 fully saturated rings. The van der Waals surface area contributed by atoms with E-state index in [0.29, 0.717) is 10.9 Å². The van der Waals surface area contributed by atoms with Crippen LogP contribution in [0.15, 0.2) is 18.2 Å². The van der Waals surface area contributed by atoms with Gasteiger partial charge in [0.15, 0.2) is 5.78 Å². The highest BCUT2D eigenvalue weighted by Gasteiger charge is 2.41. The average Bonchev–Trinajstić information content (AvgIpc) is 3.00. The maximum absolute atomic E-state index is 12.0. The van der Waals surface area contributed by atoms with E-state index in [2.05, 4.69) is 6.92 Å². The summed E-state index contributed by atoms with van der Waals surface area (Å²) < 4.78 is 0. The lowest BCUT2D eigenvalue weighted by atomic mass is 10.0. The molecule has 1 nitrogen and oxygen atoms in total. The summed E-state index contributed by atoms with van der Waals surface area (Å²) in [5, 5.41) is 0.689. The fourth-order valence-corrected chi connectivity index (χ4v) is 2.16. The van der Waals surface area contributed by atoms with Crippen LogP contribution in [0.25, 0.3) is 0 Å². The summed E-state index contributed by atoms with van der Waals surface area (Å²) in [6.07, 6.45) is 2.16. The zero-order valence-electron chi connectivity index (χ0n) is 9.09. The van der Waals surface area contributed by atoms with Crippen LogP contribution in [-0.2, 0) is 0 Å². The predicted molar refractivity (Wildman–Crippen MR) is 62.4 cm³/mol. The highest BCUT2D eigenvalue weighted by atomic mass is 35.5. The Hall–Kier alpha value is -0.820. The molecule has 2 rings (SSSR count). The quantitative estimate of drug-likeness (QED) is 0.710. The smallest absolute Gasteiger partial charge is 0.166 e. The molecule has 1 aliphatic carbocycles. The second kappa shape index (κ2) is 3.97. The number of rotatable bonds is 3. The van der Waals surface area contributed by atoms with Gasteiger partial charge in [-0.2, -0.15) is 0 Å². The molecular formula is C13H15ClO. The molecule has 0 radical (unpaired) electrons. The van der Waals surface area contributed by atoms with Crippen molar-refractivity contribution in [2.45, 2.75) is 26.7 Å². The minimum absolute atomic E-state index is 0.258. The third-order valence-corrected chi connectivity index (χ3v) is 3.65. The van der Waals surface area contributed by atoms with Crippen molar-refractivity contribution < 1.29 is 4.79 Å². The van der Waals surface area contributed by atoms with E-state index >= 15 is 0 Å². The number of carbonyl (C=O) groups is 1. The molecule has 0 spiro atoms. The standard InChI is InChI=1S/C13H15ClO/c1-3-9-6-11(9)13(15)10-5-4-8(2)12(14)7-10/h4-5,7,9,11H,3,6H2,1-2H3. The second-order valence-electron chi connectivity index (χ2n) is 4.34. The molecule has 0 amide bonds. The maximum Gasteiger partial charge on any atom is 0.166 e. The molecule has 0 aromatic heterocycles. The van der Waals surface area contributed by atoms with E-state index < -0.39 is 0 Å². The largest absolute Gasteiger partial charge is 0.294 e. The SMILES string of the molecule is CCC1CC1C(=O)c1ccc(C)c(Cl)c1. The Balaban J connectivity index is 2.16. The number of aryl methyl sites for hydroxylation is 1. The molecule has 80 valence electrons. The monoisotopic (exact) mass is 222 g/mol. The van der Waals surface area contributed by atoms with Crippen LogP contribution in [0.5, 0.6) is 0 Å². The number of carbonyl (C=O) groups excluding carboxylic acids is 1. The number of benzene rings is 1. The lowest BCUT2D eigenvalue weighted by Crippen LogP contribution is -2.03. The van der Waals surface area contributed by atoms with Crippen LogP contribution < -0.4 is 0 Å². The normalized spacial score (nSPS) is 23.9. The molecule has 0 bridgehead atoms. The molecule has 2 unspecified atom stereocenters. The van der Waals surface area contributed by atoms with Gasteiger partial charge in [0.2, 0.25) is 0 Å². The van der Waals surface area contributed by atoms with E-state index in [-0.39, 0.29) is 11.7 Å². The molecule has 0 saturated heterocycles. The van der Waals surface area contributed by atoms with Gasteiger partial charge in [-0.1, -0.05) is 37.1 Å². The molecule has 15 heavy (non-hydrogen) atoms. The third kappa shape index (κ3) is 2.07. The van der Waals surface area contributed by atoms with Crippen molar-refractivity contribution in [3.63, 3.8) is 0 Å². The third-order valence-electron chi connectivity index (χ3n) is 3.24. The zero-order valence-corrected chi connectivity index (χ0v) is 9.84. The topological polar surface area (TPSA) is 17.1 Å². The number of hydrogen-bond donors (Lipinski definition) is 0. The molecule has 0 heterocycles. The highest BCUT2D eigenvalue weighted by Crippen LogP contribution is 2.43. The Kier molecular flexibility index (Phi) is 2.83. The molecule has 2 atom stereocenters. The predicted octanol–water partition coefficient (Wildman–Crippen LogP) is 3.88. The van der Waals surface area contributed by atoms with E-state index in [4.69, 9.17) is 11.6 Å². The Morgan fingerprint density at radius 2 is 2.27 bits per heavy atom. The van der Waals surface area contributed by atoms with Gasteiger partial charge in [-0.3, -0.25) is 4.79 Å². The van der Waals surface area contributed by atoms with Gasteiger partial charge in [-0.15, -0.1) is 0 Å². The van der Waals surface area contributed by atoms with Gasteiger partial charge in [0.25, 0.3) is 0 Å². The van der Waals surface area contributed by atoms with Crippen LogP contribution >= 0.6 is 11.6 Å². The lowest BCUT2D eigenvalue weighted by Gasteiger charge is -2.02. The van der Waals surface area contributed by atoms with E-state index in [1.807, 2.05) is 19.1 Å².